The molecule has 44 heavy (non-hydrogen) atoms. The summed E-state index contributed by atoms with van der Waals surface area (Å²) in [4.78, 5) is 5.44. The zero-order valence-corrected chi connectivity index (χ0v) is 26.1. The molecule has 0 radical (unpaired) electrons. The third-order valence-corrected chi connectivity index (χ3v) is 11.3. The van der Waals surface area contributed by atoms with Crippen LogP contribution in [0, 0.1) is 0 Å². The van der Waals surface area contributed by atoms with Crippen molar-refractivity contribution in [1.82, 2.24) is 4.90 Å². The van der Waals surface area contributed by atoms with Gasteiger partial charge in [-0.25, -0.2) is 0 Å². The van der Waals surface area contributed by atoms with Crippen LogP contribution in [0.4, 0.5) is 5.69 Å². The summed E-state index contributed by atoms with van der Waals surface area (Å²) in [5.41, 5.74) is 4.18. The lowest BCUT2D eigenvalue weighted by Gasteiger charge is -2.36. The minimum absolute atomic E-state index is 0.440. The van der Waals surface area contributed by atoms with Crippen molar-refractivity contribution in [1.29, 1.82) is 0 Å². The van der Waals surface area contributed by atoms with Gasteiger partial charge < -0.3 is 4.90 Å². The second-order valence-electron chi connectivity index (χ2n) is 11.8. The summed E-state index contributed by atoms with van der Waals surface area (Å²) < 4.78 is 0. The molecule has 3 heteroatoms. The standard InChI is InChI=1S/C41H39N2P/c1-5-16-33(17-6-1)30-42(31-34-18-7-2-8-19-34)32-36-21-15-29-43(36)41-39-26-14-13-20-35(39)27-28-40(41)44(37-22-9-3-10-23-37)38-24-11-4-12-25-38/h1-14,16-20,22-28,36H,15,21,29-32H2/t36-/m0/s1. The number of anilines is 1. The highest BCUT2D eigenvalue weighted by Crippen LogP contribution is 2.42. The number of benzene rings is 6. The van der Waals surface area contributed by atoms with Gasteiger partial charge in [-0.3, -0.25) is 4.90 Å². The molecule has 1 heterocycles. The topological polar surface area (TPSA) is 6.48 Å². The van der Waals surface area contributed by atoms with Gasteiger partial charge in [0, 0.05) is 42.9 Å². The van der Waals surface area contributed by atoms with Gasteiger partial charge in [0.05, 0.1) is 5.69 Å². The first-order valence-electron chi connectivity index (χ1n) is 15.8. The van der Waals surface area contributed by atoms with Crippen LogP contribution in [0.25, 0.3) is 10.8 Å². The lowest BCUT2D eigenvalue weighted by molar-refractivity contribution is 0.240. The van der Waals surface area contributed by atoms with E-state index >= 15 is 0 Å². The summed E-state index contributed by atoms with van der Waals surface area (Å²) in [6, 6.07) is 58.5. The molecular formula is C41H39N2P. The van der Waals surface area contributed by atoms with Gasteiger partial charge in [0.2, 0.25) is 0 Å². The Morgan fingerprint density at radius 2 is 1.09 bits per heavy atom. The van der Waals surface area contributed by atoms with Gasteiger partial charge in [0.25, 0.3) is 0 Å². The van der Waals surface area contributed by atoms with Gasteiger partial charge in [-0.1, -0.05) is 158 Å². The Morgan fingerprint density at radius 1 is 0.568 bits per heavy atom. The third-order valence-electron chi connectivity index (χ3n) is 8.78. The maximum Gasteiger partial charge on any atom is 0.0533 e. The van der Waals surface area contributed by atoms with Crippen LogP contribution in [0.5, 0.6) is 0 Å². The lowest BCUT2D eigenvalue weighted by atomic mass is 10.1. The number of hydrogen-bond donors (Lipinski definition) is 0. The van der Waals surface area contributed by atoms with Gasteiger partial charge in [-0.05, 0) is 47.9 Å². The quantitative estimate of drug-likeness (QED) is 0.148. The highest BCUT2D eigenvalue weighted by molar-refractivity contribution is 7.80. The molecule has 1 aliphatic rings. The van der Waals surface area contributed by atoms with E-state index in [4.69, 9.17) is 0 Å². The van der Waals surface area contributed by atoms with E-state index in [9.17, 15) is 0 Å². The first-order chi connectivity index (χ1) is 21.8. The summed E-state index contributed by atoms with van der Waals surface area (Å²) >= 11 is 0. The highest BCUT2D eigenvalue weighted by atomic mass is 31.1. The van der Waals surface area contributed by atoms with Crippen LogP contribution >= 0.6 is 7.92 Å². The molecule has 0 amide bonds. The molecule has 0 saturated carbocycles. The summed E-state index contributed by atoms with van der Waals surface area (Å²) in [7, 11) is -0.730. The van der Waals surface area contributed by atoms with Crippen molar-refractivity contribution in [3.05, 3.63) is 169 Å². The van der Waals surface area contributed by atoms with Crippen LogP contribution in [0.3, 0.4) is 0 Å². The molecule has 0 spiro atoms. The second-order valence-corrected chi connectivity index (χ2v) is 14.0. The van der Waals surface area contributed by atoms with Gasteiger partial charge in [-0.15, -0.1) is 0 Å². The highest BCUT2D eigenvalue weighted by Gasteiger charge is 2.32. The Balaban J connectivity index is 1.31. The summed E-state index contributed by atoms with van der Waals surface area (Å²) in [6.45, 7) is 4.01. The molecule has 6 aromatic rings. The Morgan fingerprint density at radius 3 is 1.68 bits per heavy atom. The minimum Gasteiger partial charge on any atom is -0.366 e. The maximum atomic E-state index is 2.78. The van der Waals surface area contributed by atoms with Crippen LogP contribution in [0.15, 0.2) is 158 Å². The number of hydrogen-bond acceptors (Lipinski definition) is 2. The van der Waals surface area contributed by atoms with Crippen molar-refractivity contribution in [2.24, 2.45) is 0 Å². The fourth-order valence-electron chi connectivity index (χ4n) is 6.79. The van der Waals surface area contributed by atoms with E-state index in [1.807, 2.05) is 0 Å². The average Bonchev–Trinajstić information content (AvgIpc) is 3.54. The summed E-state index contributed by atoms with van der Waals surface area (Å²) in [6.07, 6.45) is 2.42. The first kappa shape index (κ1) is 28.5. The molecule has 0 unspecified atom stereocenters. The maximum absolute atomic E-state index is 2.78. The van der Waals surface area contributed by atoms with E-state index in [2.05, 4.69) is 168 Å². The molecule has 0 bridgehead atoms. The third kappa shape index (κ3) is 6.34. The zero-order valence-electron chi connectivity index (χ0n) is 25.2. The predicted octanol–water partition coefficient (Wildman–Crippen LogP) is 8.27. The van der Waals surface area contributed by atoms with Crippen LogP contribution in [0.2, 0.25) is 0 Å². The van der Waals surface area contributed by atoms with Crippen LogP contribution in [-0.4, -0.2) is 24.0 Å². The lowest BCUT2D eigenvalue weighted by Crippen LogP contribution is -2.42. The summed E-state index contributed by atoms with van der Waals surface area (Å²) in [5, 5.41) is 6.94. The smallest absolute Gasteiger partial charge is 0.0533 e. The fourth-order valence-corrected chi connectivity index (χ4v) is 9.27. The van der Waals surface area contributed by atoms with E-state index in [-0.39, 0.29) is 0 Å². The van der Waals surface area contributed by atoms with E-state index < -0.39 is 7.92 Å². The zero-order chi connectivity index (χ0) is 29.6. The predicted molar refractivity (Wildman–Crippen MR) is 190 cm³/mol. The van der Waals surface area contributed by atoms with Crippen molar-refractivity contribution >= 4 is 40.3 Å². The van der Waals surface area contributed by atoms with Crippen LogP contribution in [0.1, 0.15) is 24.0 Å². The van der Waals surface area contributed by atoms with Crippen molar-refractivity contribution in [2.75, 3.05) is 18.0 Å². The number of nitrogens with zero attached hydrogens (tertiary/aromatic N) is 2. The number of rotatable bonds is 10. The van der Waals surface area contributed by atoms with Gasteiger partial charge in [0.15, 0.2) is 0 Å². The van der Waals surface area contributed by atoms with Crippen molar-refractivity contribution in [3.8, 4) is 0 Å². The molecule has 1 atom stereocenters. The molecule has 6 aromatic carbocycles. The molecular weight excluding hydrogens is 551 g/mol. The van der Waals surface area contributed by atoms with Crippen molar-refractivity contribution < 1.29 is 0 Å². The van der Waals surface area contributed by atoms with E-state index in [1.165, 1.54) is 56.3 Å². The monoisotopic (exact) mass is 590 g/mol. The molecule has 0 N–H and O–H groups in total. The molecule has 1 saturated heterocycles. The van der Waals surface area contributed by atoms with Gasteiger partial charge in [-0.2, -0.15) is 0 Å². The van der Waals surface area contributed by atoms with E-state index in [0.29, 0.717) is 6.04 Å². The van der Waals surface area contributed by atoms with Crippen molar-refractivity contribution in [2.45, 2.75) is 32.0 Å². The SMILES string of the molecule is c1ccc(CN(Cc2ccccc2)C[C@@H]2CCCN2c2c(P(c3ccccc3)c3ccccc3)ccc3ccccc23)cc1. The van der Waals surface area contributed by atoms with Crippen LogP contribution < -0.4 is 20.8 Å². The van der Waals surface area contributed by atoms with Gasteiger partial charge >= 0.3 is 0 Å². The average molecular weight is 591 g/mol. The van der Waals surface area contributed by atoms with Gasteiger partial charge in [0.1, 0.15) is 0 Å². The Labute approximate surface area is 263 Å². The molecule has 1 aliphatic heterocycles. The normalized spacial score (nSPS) is 15.0. The van der Waals surface area contributed by atoms with E-state index in [1.54, 1.807) is 0 Å². The Kier molecular flexibility index (Phi) is 8.82. The van der Waals surface area contributed by atoms with Crippen molar-refractivity contribution in [3.63, 3.8) is 0 Å². The Bertz CT molecular complexity index is 1690. The first-order valence-corrected chi connectivity index (χ1v) is 17.2. The Hall–Kier alpha value is -4.23. The number of fused-ring (bicyclic) bond motifs is 1. The van der Waals surface area contributed by atoms with E-state index in [0.717, 1.165) is 26.2 Å². The van der Waals surface area contributed by atoms with Crippen LogP contribution in [-0.2, 0) is 13.1 Å². The molecule has 2 nitrogen and oxygen atoms in total. The molecule has 1 fully saturated rings. The molecule has 7 rings (SSSR count). The summed E-state index contributed by atoms with van der Waals surface area (Å²) in [5.74, 6) is 0. The fraction of sp³-hybridized carbons (Fsp3) is 0.171. The minimum atomic E-state index is -0.730. The largest absolute Gasteiger partial charge is 0.366 e. The molecule has 218 valence electrons. The molecule has 0 aliphatic carbocycles. The second kappa shape index (κ2) is 13.6. The molecule has 0 aromatic heterocycles.